The molecule has 0 amide bonds. The molecule has 0 radical (unpaired) electrons. The normalized spacial score (nSPS) is 10.4. The van der Waals surface area contributed by atoms with Gasteiger partial charge in [0.2, 0.25) is 0 Å². The number of hydrogen-bond acceptors (Lipinski definition) is 3. The van der Waals surface area contributed by atoms with Crippen LogP contribution in [0.15, 0.2) is 23.7 Å². The third kappa shape index (κ3) is 1.28. The van der Waals surface area contributed by atoms with Crippen LogP contribution >= 0.6 is 11.3 Å². The summed E-state index contributed by atoms with van der Waals surface area (Å²) in [5.41, 5.74) is 4.14. The minimum Gasteiger partial charge on any atom is -0.385 e. The molecule has 0 aliphatic heterocycles. The highest BCUT2D eigenvalue weighted by atomic mass is 32.1. The van der Waals surface area contributed by atoms with Crippen LogP contribution in [0.25, 0.3) is 10.2 Å². The Morgan fingerprint density at radius 1 is 1.50 bits per heavy atom. The lowest BCUT2D eigenvalue weighted by molar-refractivity contribution is 1.21. The highest BCUT2D eigenvalue weighted by Gasteiger charge is 1.96. The predicted molar refractivity (Wildman–Crippen MR) is 53.8 cm³/mol. The Kier molecular flexibility index (Phi) is 1.96. The molecule has 0 bridgehead atoms. The van der Waals surface area contributed by atoms with E-state index in [0.29, 0.717) is 0 Å². The van der Waals surface area contributed by atoms with Crippen LogP contribution in [-0.2, 0) is 0 Å². The van der Waals surface area contributed by atoms with E-state index < -0.39 is 0 Å². The van der Waals surface area contributed by atoms with Crippen molar-refractivity contribution in [3.05, 3.63) is 23.7 Å². The van der Waals surface area contributed by atoms with Gasteiger partial charge in [0.15, 0.2) is 0 Å². The molecule has 62 valence electrons. The van der Waals surface area contributed by atoms with E-state index in [4.69, 9.17) is 0 Å². The van der Waals surface area contributed by atoms with E-state index in [0.717, 1.165) is 12.1 Å². The van der Waals surface area contributed by atoms with Gasteiger partial charge in [-0.05, 0) is 25.1 Å². The number of aromatic nitrogens is 1. The minimum atomic E-state index is 0.963. The van der Waals surface area contributed by atoms with Crippen molar-refractivity contribution < 1.29 is 0 Å². The number of benzene rings is 1. The summed E-state index contributed by atoms with van der Waals surface area (Å²) in [4.78, 5) is 4.21. The van der Waals surface area contributed by atoms with E-state index in [-0.39, 0.29) is 0 Å². The van der Waals surface area contributed by atoms with Crippen molar-refractivity contribution in [1.29, 1.82) is 0 Å². The van der Waals surface area contributed by atoms with Gasteiger partial charge in [-0.15, -0.1) is 11.3 Å². The van der Waals surface area contributed by atoms with Crippen molar-refractivity contribution in [2.24, 2.45) is 0 Å². The maximum absolute atomic E-state index is 4.21. The summed E-state index contributed by atoms with van der Waals surface area (Å²) in [5.74, 6) is 0. The molecule has 1 heterocycles. The number of thiazole rings is 1. The fourth-order valence-corrected chi connectivity index (χ4v) is 1.89. The first kappa shape index (κ1) is 7.55. The van der Waals surface area contributed by atoms with Gasteiger partial charge in [0.25, 0.3) is 0 Å². The minimum absolute atomic E-state index is 0.963. The van der Waals surface area contributed by atoms with E-state index in [1.807, 2.05) is 11.6 Å². The highest BCUT2D eigenvalue weighted by Crippen LogP contribution is 2.21. The molecule has 0 saturated carbocycles. The van der Waals surface area contributed by atoms with Crippen LogP contribution < -0.4 is 5.32 Å². The maximum Gasteiger partial charge on any atom is 0.0813 e. The number of nitrogens with one attached hydrogen (secondary N) is 1. The standard InChI is InChI=1S/C9H10N2S/c1-2-10-7-3-4-8-9(5-7)12-6-11-8/h3-6,10H,2H2,1H3. The highest BCUT2D eigenvalue weighted by molar-refractivity contribution is 7.16. The molecule has 1 aromatic heterocycles. The van der Waals surface area contributed by atoms with Gasteiger partial charge in [0.05, 0.1) is 15.7 Å². The van der Waals surface area contributed by atoms with Crippen molar-refractivity contribution in [2.45, 2.75) is 6.92 Å². The summed E-state index contributed by atoms with van der Waals surface area (Å²) < 4.78 is 1.24. The van der Waals surface area contributed by atoms with Gasteiger partial charge in [-0.1, -0.05) is 0 Å². The SMILES string of the molecule is CCNc1ccc2ncsc2c1. The number of rotatable bonds is 2. The van der Waals surface area contributed by atoms with Gasteiger partial charge in [-0.3, -0.25) is 0 Å². The van der Waals surface area contributed by atoms with Crippen molar-refractivity contribution in [3.63, 3.8) is 0 Å². The third-order valence-electron chi connectivity index (χ3n) is 1.71. The lowest BCUT2D eigenvalue weighted by atomic mass is 10.3. The Balaban J connectivity index is 2.46. The molecule has 0 fully saturated rings. The molecule has 0 unspecified atom stereocenters. The third-order valence-corrected chi connectivity index (χ3v) is 2.50. The molecule has 2 rings (SSSR count). The van der Waals surface area contributed by atoms with Gasteiger partial charge in [-0.25, -0.2) is 4.98 Å². The molecule has 1 aromatic carbocycles. The van der Waals surface area contributed by atoms with E-state index in [1.54, 1.807) is 11.3 Å². The fourth-order valence-electron chi connectivity index (χ4n) is 1.17. The monoisotopic (exact) mass is 178 g/mol. The lowest BCUT2D eigenvalue weighted by Crippen LogP contribution is -1.95. The number of fused-ring (bicyclic) bond motifs is 1. The van der Waals surface area contributed by atoms with Crippen LogP contribution in [-0.4, -0.2) is 11.5 Å². The van der Waals surface area contributed by atoms with Crippen LogP contribution in [0.1, 0.15) is 6.92 Å². The summed E-state index contributed by atoms with van der Waals surface area (Å²) >= 11 is 1.68. The van der Waals surface area contributed by atoms with Crippen LogP contribution in [0.4, 0.5) is 5.69 Å². The Labute approximate surface area is 75.3 Å². The number of nitrogens with zero attached hydrogens (tertiary/aromatic N) is 1. The average molecular weight is 178 g/mol. The number of hydrogen-bond donors (Lipinski definition) is 1. The number of anilines is 1. The van der Waals surface area contributed by atoms with Crippen LogP contribution in [0.3, 0.4) is 0 Å². The predicted octanol–water partition coefficient (Wildman–Crippen LogP) is 2.73. The molecule has 0 aliphatic rings. The van der Waals surface area contributed by atoms with Crippen molar-refractivity contribution >= 4 is 27.2 Å². The Bertz CT molecular complexity index is 381. The van der Waals surface area contributed by atoms with Crippen LogP contribution in [0.2, 0.25) is 0 Å². The second kappa shape index (κ2) is 3.11. The van der Waals surface area contributed by atoms with Gasteiger partial charge >= 0.3 is 0 Å². The summed E-state index contributed by atoms with van der Waals surface area (Å²) in [5, 5.41) is 3.27. The topological polar surface area (TPSA) is 24.9 Å². The van der Waals surface area contributed by atoms with Gasteiger partial charge in [0.1, 0.15) is 0 Å². The zero-order valence-corrected chi connectivity index (χ0v) is 7.69. The fraction of sp³-hybridized carbons (Fsp3) is 0.222. The molecule has 0 spiro atoms. The zero-order chi connectivity index (χ0) is 8.39. The Morgan fingerprint density at radius 3 is 3.25 bits per heavy atom. The van der Waals surface area contributed by atoms with Crippen molar-refractivity contribution in [1.82, 2.24) is 4.98 Å². The zero-order valence-electron chi connectivity index (χ0n) is 6.87. The second-order valence-electron chi connectivity index (χ2n) is 2.57. The summed E-state index contributed by atoms with van der Waals surface area (Å²) in [6.07, 6.45) is 0. The summed E-state index contributed by atoms with van der Waals surface area (Å²) in [6, 6.07) is 6.24. The molecular formula is C9H10N2S. The molecule has 0 saturated heterocycles. The van der Waals surface area contributed by atoms with E-state index in [2.05, 4.69) is 29.4 Å². The van der Waals surface area contributed by atoms with Gasteiger partial charge in [0, 0.05) is 12.2 Å². The Hall–Kier alpha value is -1.09. The van der Waals surface area contributed by atoms with Crippen molar-refractivity contribution in [2.75, 3.05) is 11.9 Å². The first-order chi connectivity index (χ1) is 5.90. The second-order valence-corrected chi connectivity index (χ2v) is 3.45. The largest absolute Gasteiger partial charge is 0.385 e. The molecule has 0 atom stereocenters. The summed E-state index contributed by atoms with van der Waals surface area (Å²) in [6.45, 7) is 3.06. The van der Waals surface area contributed by atoms with Crippen LogP contribution in [0.5, 0.6) is 0 Å². The molecule has 1 N–H and O–H groups in total. The summed E-state index contributed by atoms with van der Waals surface area (Å²) in [7, 11) is 0. The van der Waals surface area contributed by atoms with Gasteiger partial charge in [-0.2, -0.15) is 0 Å². The van der Waals surface area contributed by atoms with E-state index in [9.17, 15) is 0 Å². The molecule has 0 aliphatic carbocycles. The molecule has 12 heavy (non-hydrogen) atoms. The van der Waals surface area contributed by atoms with E-state index >= 15 is 0 Å². The van der Waals surface area contributed by atoms with E-state index in [1.165, 1.54) is 10.4 Å². The maximum atomic E-state index is 4.21. The molecular weight excluding hydrogens is 168 g/mol. The molecule has 2 nitrogen and oxygen atoms in total. The molecule has 2 aromatic rings. The quantitative estimate of drug-likeness (QED) is 0.764. The molecule has 3 heteroatoms. The first-order valence-electron chi connectivity index (χ1n) is 3.97. The van der Waals surface area contributed by atoms with Gasteiger partial charge < -0.3 is 5.32 Å². The van der Waals surface area contributed by atoms with Crippen molar-refractivity contribution in [3.8, 4) is 0 Å². The smallest absolute Gasteiger partial charge is 0.0813 e. The lowest BCUT2D eigenvalue weighted by Gasteiger charge is -2.00. The van der Waals surface area contributed by atoms with Crippen LogP contribution in [0, 0.1) is 0 Å². The first-order valence-corrected chi connectivity index (χ1v) is 4.85. The Morgan fingerprint density at radius 2 is 2.42 bits per heavy atom. The average Bonchev–Trinajstić information content (AvgIpc) is 2.51.